The summed E-state index contributed by atoms with van der Waals surface area (Å²) in [5.74, 6) is 0.328. The molecule has 0 saturated heterocycles. The maximum atomic E-state index is 12.1. The number of thioether (sulfide) groups is 1. The molecule has 0 saturated carbocycles. The number of amides is 1. The molecular formula is C17H20N2OS. The van der Waals surface area contributed by atoms with Crippen LogP contribution in [0.5, 0.6) is 0 Å². The molecule has 4 heteroatoms. The smallest absolute Gasteiger partial charge is 0.234 e. The lowest BCUT2D eigenvalue weighted by Gasteiger charge is -2.10. The summed E-state index contributed by atoms with van der Waals surface area (Å²) in [5, 5.41) is 2.95. The van der Waals surface area contributed by atoms with Crippen LogP contribution in [0.2, 0.25) is 0 Å². The second-order valence-corrected chi connectivity index (χ2v) is 6.21. The van der Waals surface area contributed by atoms with E-state index in [4.69, 9.17) is 5.73 Å². The van der Waals surface area contributed by atoms with Gasteiger partial charge in [-0.3, -0.25) is 4.79 Å². The number of nitrogens with one attached hydrogen (secondary N) is 1. The van der Waals surface area contributed by atoms with Crippen molar-refractivity contribution in [2.24, 2.45) is 0 Å². The number of carbonyl (C=O) groups excluding carboxylic acids is 1. The number of aryl methyl sites for hydroxylation is 3. The van der Waals surface area contributed by atoms with E-state index >= 15 is 0 Å². The number of anilines is 2. The van der Waals surface area contributed by atoms with Gasteiger partial charge in [0.2, 0.25) is 5.91 Å². The largest absolute Gasteiger partial charge is 0.398 e. The number of benzene rings is 2. The minimum Gasteiger partial charge on any atom is -0.398 e. The predicted octanol–water partition coefficient (Wildman–Crippen LogP) is 3.92. The Kier molecular flexibility index (Phi) is 4.91. The lowest BCUT2D eigenvalue weighted by molar-refractivity contribution is -0.113. The van der Waals surface area contributed by atoms with Crippen molar-refractivity contribution in [3.63, 3.8) is 0 Å². The molecule has 0 spiro atoms. The van der Waals surface area contributed by atoms with Crippen molar-refractivity contribution in [2.45, 2.75) is 25.7 Å². The molecule has 2 aromatic carbocycles. The fourth-order valence-electron chi connectivity index (χ4n) is 2.00. The second-order valence-electron chi connectivity index (χ2n) is 5.20. The first kappa shape index (κ1) is 15.4. The van der Waals surface area contributed by atoms with Gasteiger partial charge >= 0.3 is 0 Å². The molecule has 21 heavy (non-hydrogen) atoms. The average Bonchev–Trinajstić information content (AvgIpc) is 2.42. The quantitative estimate of drug-likeness (QED) is 0.664. The maximum Gasteiger partial charge on any atom is 0.234 e. The van der Waals surface area contributed by atoms with Gasteiger partial charge in [-0.2, -0.15) is 0 Å². The summed E-state index contributed by atoms with van der Waals surface area (Å²) in [6.45, 7) is 6.00. The average molecular weight is 300 g/mol. The standard InChI is InChI=1S/C17H20N2OS/c1-11-5-7-16(14(18)8-11)21-10-17(20)19-15-9-12(2)4-6-13(15)3/h4-9H,10,18H2,1-3H3,(H,19,20). The van der Waals surface area contributed by atoms with Crippen molar-refractivity contribution in [3.05, 3.63) is 53.1 Å². The summed E-state index contributed by atoms with van der Waals surface area (Å²) in [5.41, 5.74) is 10.9. The monoisotopic (exact) mass is 300 g/mol. The van der Waals surface area contributed by atoms with Crippen molar-refractivity contribution in [3.8, 4) is 0 Å². The van der Waals surface area contributed by atoms with Crippen LogP contribution >= 0.6 is 11.8 Å². The minimum absolute atomic E-state index is 0.0197. The molecule has 0 aliphatic carbocycles. The fourth-order valence-corrected chi connectivity index (χ4v) is 2.75. The Labute approximate surface area is 129 Å². The highest BCUT2D eigenvalue weighted by atomic mass is 32.2. The van der Waals surface area contributed by atoms with E-state index in [9.17, 15) is 4.79 Å². The molecule has 110 valence electrons. The SMILES string of the molecule is Cc1ccc(SCC(=O)Nc2cc(C)ccc2C)c(N)c1. The number of nitrogens with two attached hydrogens (primary N) is 1. The molecule has 3 N–H and O–H groups in total. The summed E-state index contributed by atoms with van der Waals surface area (Å²) >= 11 is 1.46. The Balaban J connectivity index is 1.97. The van der Waals surface area contributed by atoms with E-state index < -0.39 is 0 Å². The molecule has 0 aliphatic rings. The van der Waals surface area contributed by atoms with Crippen LogP contribution in [0.15, 0.2) is 41.3 Å². The van der Waals surface area contributed by atoms with Gasteiger partial charge in [0.15, 0.2) is 0 Å². The molecule has 0 bridgehead atoms. The molecule has 2 aromatic rings. The molecule has 3 nitrogen and oxygen atoms in total. The van der Waals surface area contributed by atoms with E-state index in [0.29, 0.717) is 5.75 Å². The topological polar surface area (TPSA) is 55.1 Å². The van der Waals surface area contributed by atoms with Gasteiger partial charge in [0.1, 0.15) is 0 Å². The number of hydrogen-bond acceptors (Lipinski definition) is 3. The van der Waals surface area contributed by atoms with Gasteiger partial charge in [-0.15, -0.1) is 11.8 Å². The van der Waals surface area contributed by atoms with Gasteiger partial charge in [0.05, 0.1) is 5.75 Å². The van der Waals surface area contributed by atoms with Crippen molar-refractivity contribution in [1.29, 1.82) is 0 Å². The second kappa shape index (κ2) is 6.68. The van der Waals surface area contributed by atoms with Crippen molar-refractivity contribution in [2.75, 3.05) is 16.8 Å². The van der Waals surface area contributed by atoms with E-state index in [-0.39, 0.29) is 5.91 Å². The van der Waals surface area contributed by atoms with Crippen LogP contribution in [0, 0.1) is 20.8 Å². The summed E-state index contributed by atoms with van der Waals surface area (Å²) in [6.07, 6.45) is 0. The molecule has 2 rings (SSSR count). The third-order valence-corrected chi connectivity index (χ3v) is 4.28. The van der Waals surface area contributed by atoms with Gasteiger partial charge in [0.25, 0.3) is 0 Å². The third-order valence-electron chi connectivity index (χ3n) is 3.19. The summed E-state index contributed by atoms with van der Waals surface area (Å²) in [4.78, 5) is 13.0. The fraction of sp³-hybridized carbons (Fsp3) is 0.235. The van der Waals surface area contributed by atoms with E-state index in [1.807, 2.05) is 57.2 Å². The molecule has 0 aliphatic heterocycles. The molecule has 0 radical (unpaired) electrons. The Morgan fingerprint density at radius 3 is 2.48 bits per heavy atom. The first-order chi connectivity index (χ1) is 9.95. The molecule has 0 heterocycles. The van der Waals surface area contributed by atoms with Crippen molar-refractivity contribution >= 4 is 29.0 Å². The first-order valence-corrected chi connectivity index (χ1v) is 7.80. The van der Waals surface area contributed by atoms with E-state index in [2.05, 4.69) is 5.32 Å². The predicted molar refractivity (Wildman–Crippen MR) is 90.9 cm³/mol. The number of rotatable bonds is 4. The lowest BCUT2D eigenvalue weighted by Crippen LogP contribution is -2.15. The molecule has 1 amide bonds. The zero-order valence-corrected chi connectivity index (χ0v) is 13.4. The highest BCUT2D eigenvalue weighted by molar-refractivity contribution is 8.00. The van der Waals surface area contributed by atoms with Gasteiger partial charge in [0, 0.05) is 16.3 Å². The van der Waals surface area contributed by atoms with Crippen LogP contribution in [-0.4, -0.2) is 11.7 Å². The number of carbonyl (C=O) groups is 1. The highest BCUT2D eigenvalue weighted by Crippen LogP contribution is 2.26. The Bertz CT molecular complexity index is 668. The zero-order valence-electron chi connectivity index (χ0n) is 12.6. The molecule has 0 unspecified atom stereocenters. The van der Waals surface area contributed by atoms with Crippen molar-refractivity contribution in [1.82, 2.24) is 0 Å². The zero-order chi connectivity index (χ0) is 15.4. The molecule has 0 aromatic heterocycles. The van der Waals surface area contributed by atoms with Crippen LogP contribution in [0.25, 0.3) is 0 Å². The summed E-state index contributed by atoms with van der Waals surface area (Å²) < 4.78 is 0. The molecule has 0 atom stereocenters. The summed E-state index contributed by atoms with van der Waals surface area (Å²) in [6, 6.07) is 11.9. The minimum atomic E-state index is -0.0197. The Hall–Kier alpha value is -1.94. The van der Waals surface area contributed by atoms with Crippen LogP contribution in [0.1, 0.15) is 16.7 Å². The van der Waals surface area contributed by atoms with Gasteiger partial charge in [-0.1, -0.05) is 18.2 Å². The number of hydrogen-bond donors (Lipinski definition) is 2. The Morgan fingerprint density at radius 1 is 1.10 bits per heavy atom. The lowest BCUT2D eigenvalue weighted by atomic mass is 10.1. The van der Waals surface area contributed by atoms with E-state index in [1.54, 1.807) is 0 Å². The van der Waals surface area contributed by atoms with Crippen LogP contribution in [0.3, 0.4) is 0 Å². The van der Waals surface area contributed by atoms with Gasteiger partial charge < -0.3 is 11.1 Å². The van der Waals surface area contributed by atoms with Crippen LogP contribution in [0.4, 0.5) is 11.4 Å². The normalized spacial score (nSPS) is 10.4. The number of nitrogen functional groups attached to an aromatic ring is 1. The van der Waals surface area contributed by atoms with Crippen LogP contribution in [-0.2, 0) is 4.79 Å². The van der Waals surface area contributed by atoms with Crippen molar-refractivity contribution < 1.29 is 4.79 Å². The maximum absolute atomic E-state index is 12.1. The highest BCUT2D eigenvalue weighted by Gasteiger charge is 2.07. The van der Waals surface area contributed by atoms with E-state index in [1.165, 1.54) is 11.8 Å². The van der Waals surface area contributed by atoms with Gasteiger partial charge in [-0.05, 0) is 55.7 Å². The molecule has 0 fully saturated rings. The van der Waals surface area contributed by atoms with Crippen LogP contribution < -0.4 is 11.1 Å². The van der Waals surface area contributed by atoms with Gasteiger partial charge in [-0.25, -0.2) is 0 Å². The van der Waals surface area contributed by atoms with E-state index in [0.717, 1.165) is 33.0 Å². The summed E-state index contributed by atoms with van der Waals surface area (Å²) in [7, 11) is 0. The first-order valence-electron chi connectivity index (χ1n) is 6.82. The third kappa shape index (κ3) is 4.26. The Morgan fingerprint density at radius 2 is 1.76 bits per heavy atom. The molecular weight excluding hydrogens is 280 g/mol.